The summed E-state index contributed by atoms with van der Waals surface area (Å²) in [5, 5.41) is 0. The maximum absolute atomic E-state index is 13.0. The molecular weight excluding hydrogens is 224 g/mol. The molecule has 0 bridgehead atoms. The molecule has 1 nitrogen and oxygen atoms in total. The number of hydrogen-bond donors (Lipinski definition) is 0. The Kier molecular flexibility index (Phi) is 3.67. The highest BCUT2D eigenvalue weighted by molar-refractivity contribution is 5.80. The monoisotopic (exact) mass is 234 g/mol. The quantitative estimate of drug-likeness (QED) is 0.734. The Bertz CT molecular complexity index is 384. The average Bonchev–Trinajstić information content (AvgIpc) is 2.16. The van der Waals surface area contributed by atoms with Crippen molar-refractivity contribution in [2.45, 2.75) is 25.7 Å². The van der Waals surface area contributed by atoms with E-state index in [1.807, 2.05) is 0 Å². The van der Waals surface area contributed by atoms with Crippen molar-refractivity contribution in [3.8, 4) is 0 Å². The fourth-order valence-electron chi connectivity index (χ4n) is 1.23. The van der Waals surface area contributed by atoms with E-state index < -0.39 is 23.7 Å². The summed E-state index contributed by atoms with van der Waals surface area (Å²) in [7, 11) is 0. The Morgan fingerprint density at radius 3 is 2.50 bits per heavy atom. The molecule has 0 radical (unpaired) electrons. The number of ketones is 1. The first-order valence-electron chi connectivity index (χ1n) is 4.61. The predicted molar refractivity (Wildman–Crippen MR) is 50.7 cm³/mol. The van der Waals surface area contributed by atoms with E-state index in [1.54, 1.807) is 0 Å². The van der Waals surface area contributed by atoms with Gasteiger partial charge < -0.3 is 0 Å². The standard InChI is InChI=1S/C11H10F4O/c1-7(16)10(12)6-8-3-2-4-9(5-8)11(13,14)15/h2-5,10H,6H2,1H3. The summed E-state index contributed by atoms with van der Waals surface area (Å²) in [5.74, 6) is -0.683. The third-order valence-electron chi connectivity index (χ3n) is 2.11. The third kappa shape index (κ3) is 3.32. The van der Waals surface area contributed by atoms with Crippen LogP contribution in [0.2, 0.25) is 0 Å². The highest BCUT2D eigenvalue weighted by Gasteiger charge is 2.30. The lowest BCUT2D eigenvalue weighted by Crippen LogP contribution is -2.15. The molecule has 0 N–H and O–H groups in total. The van der Waals surface area contributed by atoms with E-state index in [0.29, 0.717) is 0 Å². The molecule has 0 saturated carbocycles. The van der Waals surface area contributed by atoms with Gasteiger partial charge >= 0.3 is 6.18 Å². The van der Waals surface area contributed by atoms with Crippen molar-refractivity contribution >= 4 is 5.78 Å². The molecule has 0 aliphatic rings. The van der Waals surface area contributed by atoms with Crippen LogP contribution in [0.4, 0.5) is 17.6 Å². The first-order chi connectivity index (χ1) is 7.30. The molecule has 0 heterocycles. The number of Topliss-reactive ketones (excluding diaryl/α,β-unsaturated/α-hetero) is 1. The summed E-state index contributed by atoms with van der Waals surface area (Å²) in [6.07, 6.45) is -6.51. The second kappa shape index (κ2) is 4.63. The zero-order chi connectivity index (χ0) is 12.3. The largest absolute Gasteiger partial charge is 0.416 e. The van der Waals surface area contributed by atoms with Gasteiger partial charge in [0.15, 0.2) is 12.0 Å². The molecule has 1 aromatic rings. The van der Waals surface area contributed by atoms with Crippen molar-refractivity contribution in [2.24, 2.45) is 0 Å². The van der Waals surface area contributed by atoms with Gasteiger partial charge in [0.25, 0.3) is 0 Å². The third-order valence-corrected chi connectivity index (χ3v) is 2.11. The van der Waals surface area contributed by atoms with Gasteiger partial charge in [0, 0.05) is 6.42 Å². The van der Waals surface area contributed by atoms with Gasteiger partial charge in [-0.05, 0) is 18.6 Å². The molecule has 0 spiro atoms. The Morgan fingerprint density at radius 1 is 1.38 bits per heavy atom. The van der Waals surface area contributed by atoms with E-state index in [9.17, 15) is 22.4 Å². The zero-order valence-corrected chi connectivity index (χ0v) is 8.51. The maximum Gasteiger partial charge on any atom is 0.416 e. The highest BCUT2D eigenvalue weighted by Crippen LogP contribution is 2.29. The lowest BCUT2D eigenvalue weighted by molar-refractivity contribution is -0.137. The van der Waals surface area contributed by atoms with E-state index in [1.165, 1.54) is 12.1 Å². The number of benzene rings is 1. The van der Waals surface area contributed by atoms with Gasteiger partial charge in [-0.1, -0.05) is 18.2 Å². The maximum atomic E-state index is 13.0. The summed E-state index contributed by atoms with van der Waals surface area (Å²) in [5.41, 5.74) is -0.668. The number of carbonyl (C=O) groups is 1. The molecule has 1 atom stereocenters. The number of rotatable bonds is 3. The summed E-state index contributed by atoms with van der Waals surface area (Å²) >= 11 is 0. The molecule has 0 aliphatic carbocycles. The molecule has 16 heavy (non-hydrogen) atoms. The number of alkyl halides is 4. The molecule has 1 aromatic carbocycles. The molecule has 0 fully saturated rings. The highest BCUT2D eigenvalue weighted by atomic mass is 19.4. The molecule has 1 unspecified atom stereocenters. The lowest BCUT2D eigenvalue weighted by Gasteiger charge is -2.09. The lowest BCUT2D eigenvalue weighted by atomic mass is 10.0. The van der Waals surface area contributed by atoms with E-state index in [0.717, 1.165) is 19.1 Å². The number of halogens is 4. The summed E-state index contributed by atoms with van der Waals surface area (Å²) in [4.78, 5) is 10.6. The molecule has 1 rings (SSSR count). The van der Waals surface area contributed by atoms with E-state index >= 15 is 0 Å². The molecule has 5 heteroatoms. The van der Waals surface area contributed by atoms with Crippen LogP contribution in [0.5, 0.6) is 0 Å². The van der Waals surface area contributed by atoms with Crippen LogP contribution in [0.1, 0.15) is 18.1 Å². The second-order valence-corrected chi connectivity index (χ2v) is 3.48. The Hall–Kier alpha value is -1.39. The number of carbonyl (C=O) groups excluding carboxylic acids is 1. The predicted octanol–water partition coefficient (Wildman–Crippen LogP) is 3.18. The van der Waals surface area contributed by atoms with Crippen LogP contribution in [0.15, 0.2) is 24.3 Å². The molecule has 88 valence electrons. The topological polar surface area (TPSA) is 17.1 Å². The first kappa shape index (κ1) is 12.7. The van der Waals surface area contributed by atoms with Crippen LogP contribution in [-0.2, 0) is 17.4 Å². The fraction of sp³-hybridized carbons (Fsp3) is 0.364. The number of hydrogen-bond acceptors (Lipinski definition) is 1. The van der Waals surface area contributed by atoms with Crippen LogP contribution >= 0.6 is 0 Å². The summed E-state index contributed by atoms with van der Waals surface area (Å²) in [6, 6.07) is 4.33. The summed E-state index contributed by atoms with van der Waals surface area (Å²) in [6.45, 7) is 1.07. The van der Waals surface area contributed by atoms with Crippen LogP contribution in [0.25, 0.3) is 0 Å². The minimum Gasteiger partial charge on any atom is -0.297 e. The zero-order valence-electron chi connectivity index (χ0n) is 8.51. The minimum absolute atomic E-state index is 0.164. The molecule has 0 aliphatic heterocycles. The molecule has 0 aromatic heterocycles. The van der Waals surface area contributed by atoms with E-state index in [-0.39, 0.29) is 12.0 Å². The molecular formula is C11H10F4O. The van der Waals surface area contributed by atoms with E-state index in [4.69, 9.17) is 0 Å². The molecule has 0 saturated heterocycles. The Labute approximate surface area is 90.1 Å². The van der Waals surface area contributed by atoms with Crippen LogP contribution in [-0.4, -0.2) is 12.0 Å². The first-order valence-corrected chi connectivity index (χ1v) is 4.61. The fourth-order valence-corrected chi connectivity index (χ4v) is 1.23. The van der Waals surface area contributed by atoms with Crippen LogP contribution in [0.3, 0.4) is 0 Å². The minimum atomic E-state index is -4.45. The van der Waals surface area contributed by atoms with Gasteiger partial charge in [-0.25, -0.2) is 4.39 Å². The van der Waals surface area contributed by atoms with Gasteiger partial charge in [-0.15, -0.1) is 0 Å². The molecule has 0 amide bonds. The van der Waals surface area contributed by atoms with Gasteiger partial charge in [0.2, 0.25) is 0 Å². The van der Waals surface area contributed by atoms with Crippen molar-refractivity contribution in [1.29, 1.82) is 0 Å². The smallest absolute Gasteiger partial charge is 0.297 e. The Balaban J connectivity index is 2.87. The van der Waals surface area contributed by atoms with Crippen molar-refractivity contribution < 1.29 is 22.4 Å². The normalized spacial score (nSPS) is 13.6. The van der Waals surface area contributed by atoms with Gasteiger partial charge in [0.05, 0.1) is 5.56 Å². The van der Waals surface area contributed by atoms with Crippen molar-refractivity contribution in [3.05, 3.63) is 35.4 Å². The van der Waals surface area contributed by atoms with Crippen LogP contribution < -0.4 is 0 Å². The second-order valence-electron chi connectivity index (χ2n) is 3.48. The Morgan fingerprint density at radius 2 is 2.00 bits per heavy atom. The van der Waals surface area contributed by atoms with Gasteiger partial charge in [-0.2, -0.15) is 13.2 Å². The van der Waals surface area contributed by atoms with Gasteiger partial charge in [-0.3, -0.25) is 4.79 Å². The van der Waals surface area contributed by atoms with Crippen molar-refractivity contribution in [3.63, 3.8) is 0 Å². The average molecular weight is 234 g/mol. The summed E-state index contributed by atoms with van der Waals surface area (Å²) < 4.78 is 49.9. The van der Waals surface area contributed by atoms with Crippen LogP contribution in [0, 0.1) is 0 Å². The van der Waals surface area contributed by atoms with Crippen molar-refractivity contribution in [2.75, 3.05) is 0 Å². The van der Waals surface area contributed by atoms with Gasteiger partial charge in [0.1, 0.15) is 0 Å². The SMILES string of the molecule is CC(=O)C(F)Cc1cccc(C(F)(F)F)c1. The van der Waals surface area contributed by atoms with E-state index in [2.05, 4.69) is 0 Å². The van der Waals surface area contributed by atoms with Crippen molar-refractivity contribution in [1.82, 2.24) is 0 Å².